The van der Waals surface area contributed by atoms with Crippen LogP contribution < -0.4 is 9.62 Å². The van der Waals surface area contributed by atoms with Crippen molar-refractivity contribution in [2.45, 2.75) is 24.2 Å². The second kappa shape index (κ2) is 6.06. The number of sulfonamides is 1. The number of aryl methyl sites for hydroxylation is 2. The molecule has 2 aromatic rings. The van der Waals surface area contributed by atoms with Crippen molar-refractivity contribution in [1.29, 1.82) is 0 Å². The number of fused-ring (bicyclic) bond motifs is 1. The van der Waals surface area contributed by atoms with Crippen LogP contribution in [0.4, 0.5) is 11.4 Å². The summed E-state index contributed by atoms with van der Waals surface area (Å²) in [5.41, 5.74) is 3.62. The molecule has 0 saturated carbocycles. The summed E-state index contributed by atoms with van der Waals surface area (Å²) < 4.78 is 28.1. The normalized spacial score (nSPS) is 13.7. The third kappa shape index (κ3) is 3.31. The van der Waals surface area contributed by atoms with Crippen molar-refractivity contribution in [2.75, 3.05) is 23.7 Å². The van der Waals surface area contributed by atoms with Gasteiger partial charge in [-0.1, -0.05) is 17.7 Å². The summed E-state index contributed by atoms with van der Waals surface area (Å²) in [6, 6.07) is 10.5. The van der Waals surface area contributed by atoms with E-state index >= 15 is 0 Å². The third-order valence-corrected chi connectivity index (χ3v) is 5.66. The van der Waals surface area contributed by atoms with Crippen LogP contribution in [0.5, 0.6) is 0 Å². The van der Waals surface area contributed by atoms with E-state index < -0.39 is 10.0 Å². The zero-order valence-electron chi connectivity index (χ0n) is 13.1. The van der Waals surface area contributed by atoms with Gasteiger partial charge in [0.25, 0.3) is 10.0 Å². The Kier molecular flexibility index (Phi) is 4.25. The number of halogens is 1. The van der Waals surface area contributed by atoms with Crippen molar-refractivity contribution < 1.29 is 8.42 Å². The van der Waals surface area contributed by atoms with Crippen molar-refractivity contribution in [3.8, 4) is 0 Å². The Balaban J connectivity index is 1.97. The molecule has 0 aromatic heterocycles. The lowest BCUT2D eigenvalue weighted by Crippen LogP contribution is -2.17. The zero-order valence-corrected chi connectivity index (χ0v) is 14.7. The molecule has 1 aliphatic carbocycles. The molecule has 1 N–H and O–H groups in total. The molecule has 0 amide bonds. The fourth-order valence-corrected chi connectivity index (χ4v) is 4.19. The summed E-state index contributed by atoms with van der Waals surface area (Å²) in [4.78, 5) is 2.14. The van der Waals surface area contributed by atoms with Gasteiger partial charge in [0.1, 0.15) is 0 Å². The Morgan fingerprint density at radius 3 is 2.52 bits per heavy atom. The lowest BCUT2D eigenvalue weighted by molar-refractivity contribution is 0.601. The van der Waals surface area contributed by atoms with Crippen molar-refractivity contribution in [2.24, 2.45) is 0 Å². The van der Waals surface area contributed by atoms with Crippen LogP contribution in [0, 0.1) is 0 Å². The first-order valence-electron chi connectivity index (χ1n) is 7.48. The van der Waals surface area contributed by atoms with E-state index in [9.17, 15) is 8.42 Å². The largest absolute Gasteiger partial charge is 0.376 e. The summed E-state index contributed by atoms with van der Waals surface area (Å²) >= 11 is 6.02. The standard InChI is InChI=1S/C17H19ClN2O2S/c1-20(2)17-9-7-14(18)11-16(17)19-23(21,22)15-8-6-12-4-3-5-13(12)10-15/h6-11,19H,3-5H2,1-2H3. The van der Waals surface area contributed by atoms with Crippen LogP contribution in [-0.4, -0.2) is 22.5 Å². The highest BCUT2D eigenvalue weighted by molar-refractivity contribution is 7.92. The van der Waals surface area contributed by atoms with Gasteiger partial charge >= 0.3 is 0 Å². The van der Waals surface area contributed by atoms with Gasteiger partial charge < -0.3 is 4.90 Å². The maximum absolute atomic E-state index is 12.7. The van der Waals surface area contributed by atoms with Crippen LogP contribution in [0.3, 0.4) is 0 Å². The molecular weight excluding hydrogens is 332 g/mol. The number of hydrogen-bond acceptors (Lipinski definition) is 3. The highest BCUT2D eigenvalue weighted by atomic mass is 35.5. The molecule has 3 rings (SSSR count). The SMILES string of the molecule is CN(C)c1ccc(Cl)cc1NS(=O)(=O)c1ccc2c(c1)CCC2. The summed E-state index contributed by atoms with van der Waals surface area (Å²) in [6.45, 7) is 0. The first-order valence-corrected chi connectivity index (χ1v) is 9.34. The van der Waals surface area contributed by atoms with Crippen LogP contribution >= 0.6 is 11.6 Å². The fourth-order valence-electron chi connectivity index (χ4n) is 2.90. The quantitative estimate of drug-likeness (QED) is 0.914. The number of benzene rings is 2. The predicted molar refractivity (Wildman–Crippen MR) is 95.1 cm³/mol. The average Bonchev–Trinajstić information content (AvgIpc) is 2.93. The van der Waals surface area contributed by atoms with Crippen molar-refractivity contribution >= 4 is 33.0 Å². The van der Waals surface area contributed by atoms with Crippen molar-refractivity contribution in [3.05, 3.63) is 52.5 Å². The minimum absolute atomic E-state index is 0.294. The van der Waals surface area contributed by atoms with E-state index in [-0.39, 0.29) is 0 Å². The Morgan fingerprint density at radius 1 is 1.04 bits per heavy atom. The lowest BCUT2D eigenvalue weighted by Gasteiger charge is -2.19. The minimum Gasteiger partial charge on any atom is -0.376 e. The van der Waals surface area contributed by atoms with Crippen molar-refractivity contribution in [1.82, 2.24) is 0 Å². The van der Waals surface area contributed by atoms with Gasteiger partial charge in [0, 0.05) is 19.1 Å². The van der Waals surface area contributed by atoms with E-state index in [4.69, 9.17) is 11.6 Å². The van der Waals surface area contributed by atoms with Crippen LogP contribution in [0.15, 0.2) is 41.3 Å². The number of nitrogens with one attached hydrogen (secondary N) is 1. The highest BCUT2D eigenvalue weighted by Crippen LogP contribution is 2.31. The molecule has 0 radical (unpaired) electrons. The van der Waals surface area contributed by atoms with Crippen LogP contribution in [-0.2, 0) is 22.9 Å². The third-order valence-electron chi connectivity index (χ3n) is 4.06. The van der Waals surface area contributed by atoms with Gasteiger partial charge in [0.2, 0.25) is 0 Å². The van der Waals surface area contributed by atoms with Gasteiger partial charge in [0.05, 0.1) is 16.3 Å². The molecule has 0 unspecified atom stereocenters. The molecule has 1 aliphatic rings. The van der Waals surface area contributed by atoms with E-state index in [1.807, 2.05) is 25.1 Å². The molecule has 0 aliphatic heterocycles. The summed E-state index contributed by atoms with van der Waals surface area (Å²) in [5, 5.41) is 0.488. The zero-order chi connectivity index (χ0) is 16.6. The topological polar surface area (TPSA) is 49.4 Å². The van der Waals surface area contributed by atoms with Crippen LogP contribution in [0.2, 0.25) is 5.02 Å². The van der Waals surface area contributed by atoms with E-state index in [1.165, 1.54) is 5.56 Å². The van der Waals surface area contributed by atoms with Gasteiger partial charge in [-0.05, 0) is 60.7 Å². The maximum Gasteiger partial charge on any atom is 0.261 e. The molecule has 0 heterocycles. The van der Waals surface area contributed by atoms with E-state index in [1.54, 1.807) is 30.3 Å². The van der Waals surface area contributed by atoms with Crippen molar-refractivity contribution in [3.63, 3.8) is 0 Å². The van der Waals surface area contributed by atoms with Gasteiger partial charge in [-0.3, -0.25) is 4.72 Å². The first-order chi connectivity index (χ1) is 10.9. The van der Waals surface area contributed by atoms with E-state index in [0.29, 0.717) is 15.6 Å². The van der Waals surface area contributed by atoms with Gasteiger partial charge in [0.15, 0.2) is 0 Å². The van der Waals surface area contributed by atoms with Crippen LogP contribution in [0.25, 0.3) is 0 Å². The molecule has 0 atom stereocenters. The van der Waals surface area contributed by atoms with Gasteiger partial charge in [-0.25, -0.2) is 8.42 Å². The Hall–Kier alpha value is -1.72. The molecule has 0 bridgehead atoms. The number of anilines is 2. The van der Waals surface area contributed by atoms with Gasteiger partial charge in [-0.2, -0.15) is 0 Å². The summed E-state index contributed by atoms with van der Waals surface area (Å²) in [7, 11) is 0.0722. The average molecular weight is 351 g/mol. The molecule has 6 heteroatoms. The molecule has 0 fully saturated rings. The smallest absolute Gasteiger partial charge is 0.261 e. The Bertz CT molecular complexity index is 848. The second-order valence-electron chi connectivity index (χ2n) is 5.95. The van der Waals surface area contributed by atoms with E-state index in [2.05, 4.69) is 4.72 Å². The monoisotopic (exact) mass is 350 g/mol. The van der Waals surface area contributed by atoms with E-state index in [0.717, 1.165) is 30.5 Å². The fraction of sp³-hybridized carbons (Fsp3) is 0.294. The molecule has 0 spiro atoms. The molecule has 2 aromatic carbocycles. The molecule has 0 saturated heterocycles. The van der Waals surface area contributed by atoms with Crippen LogP contribution in [0.1, 0.15) is 17.5 Å². The number of nitrogens with zero attached hydrogens (tertiary/aromatic N) is 1. The summed E-state index contributed by atoms with van der Waals surface area (Å²) in [6.07, 6.45) is 3.06. The Labute approximate surface area is 142 Å². The minimum atomic E-state index is -3.64. The molecule has 23 heavy (non-hydrogen) atoms. The Morgan fingerprint density at radius 2 is 1.78 bits per heavy atom. The molecular formula is C17H19ClN2O2S. The lowest BCUT2D eigenvalue weighted by atomic mass is 10.1. The molecule has 122 valence electrons. The molecule has 4 nitrogen and oxygen atoms in total. The maximum atomic E-state index is 12.7. The first kappa shape index (κ1) is 16.1. The van der Waals surface area contributed by atoms with Gasteiger partial charge in [-0.15, -0.1) is 0 Å². The highest BCUT2D eigenvalue weighted by Gasteiger charge is 2.20. The predicted octanol–water partition coefficient (Wildman–Crippen LogP) is 3.70. The second-order valence-corrected chi connectivity index (χ2v) is 8.06. The number of rotatable bonds is 4. The number of hydrogen-bond donors (Lipinski definition) is 1. The summed E-state index contributed by atoms with van der Waals surface area (Å²) in [5.74, 6) is 0.